The van der Waals surface area contributed by atoms with Gasteiger partial charge in [-0.1, -0.05) is 48.0 Å². The predicted octanol–water partition coefficient (Wildman–Crippen LogP) is 5.29. The molecule has 0 saturated carbocycles. The summed E-state index contributed by atoms with van der Waals surface area (Å²) in [7, 11) is 0. The summed E-state index contributed by atoms with van der Waals surface area (Å²) in [6, 6.07) is 19.2. The first-order chi connectivity index (χ1) is 14.1. The van der Waals surface area contributed by atoms with Gasteiger partial charge >= 0.3 is 0 Å². The Morgan fingerprint density at radius 2 is 1.97 bits per heavy atom. The summed E-state index contributed by atoms with van der Waals surface area (Å²) in [4.78, 5) is 28.4. The third-order valence-corrected chi connectivity index (χ3v) is 6.20. The highest BCUT2D eigenvalue weighted by atomic mass is 35.5. The van der Waals surface area contributed by atoms with Crippen molar-refractivity contribution in [3.63, 3.8) is 0 Å². The maximum atomic E-state index is 13.2. The van der Waals surface area contributed by atoms with Crippen LogP contribution in [0.25, 0.3) is 0 Å². The number of amides is 2. The lowest BCUT2D eigenvalue weighted by atomic mass is 10.0. The summed E-state index contributed by atoms with van der Waals surface area (Å²) in [5.41, 5.74) is 2.76. The van der Waals surface area contributed by atoms with Gasteiger partial charge in [0.05, 0.1) is 6.04 Å². The van der Waals surface area contributed by atoms with Gasteiger partial charge in [-0.15, -0.1) is 11.3 Å². The third-order valence-electron chi connectivity index (χ3n) is 5.04. The molecule has 6 heteroatoms. The molecule has 0 radical (unpaired) electrons. The number of benzene rings is 2. The normalized spacial score (nSPS) is 16.1. The number of thiophene rings is 1. The number of hydrogen-bond acceptors (Lipinski definition) is 3. The second-order valence-corrected chi connectivity index (χ2v) is 8.47. The Hall–Kier alpha value is -2.63. The molecule has 0 saturated heterocycles. The average Bonchev–Trinajstić information content (AvgIpc) is 3.20. The topological polar surface area (TPSA) is 49.4 Å². The standard InChI is InChI=1S/C23H21ClN2O2S/c24-17-11-12-19-18(14-17)23(20-9-5-13-29-20)26(15-21(27)25-19)22(28)10-4-8-16-6-2-1-3-7-16/h1-3,5-7,9,11-14,23H,4,8,10,15H2,(H,25,27). The van der Waals surface area contributed by atoms with Crippen molar-refractivity contribution in [2.24, 2.45) is 0 Å². The monoisotopic (exact) mass is 424 g/mol. The highest BCUT2D eigenvalue weighted by molar-refractivity contribution is 7.10. The fourth-order valence-corrected chi connectivity index (χ4v) is 4.73. The van der Waals surface area contributed by atoms with Crippen molar-refractivity contribution in [2.75, 3.05) is 11.9 Å². The molecule has 2 heterocycles. The second-order valence-electron chi connectivity index (χ2n) is 7.06. The van der Waals surface area contributed by atoms with Crippen LogP contribution in [0, 0.1) is 0 Å². The van der Waals surface area contributed by atoms with E-state index in [-0.39, 0.29) is 24.4 Å². The Kier molecular flexibility index (Phi) is 5.97. The van der Waals surface area contributed by atoms with Crippen molar-refractivity contribution in [1.29, 1.82) is 0 Å². The number of hydrogen-bond donors (Lipinski definition) is 1. The van der Waals surface area contributed by atoms with Crippen LogP contribution in [0.15, 0.2) is 66.0 Å². The van der Waals surface area contributed by atoms with Gasteiger partial charge in [0, 0.05) is 27.6 Å². The maximum absolute atomic E-state index is 13.2. The van der Waals surface area contributed by atoms with Crippen molar-refractivity contribution in [2.45, 2.75) is 25.3 Å². The first-order valence-corrected chi connectivity index (χ1v) is 10.8. The Morgan fingerprint density at radius 3 is 2.72 bits per heavy atom. The van der Waals surface area contributed by atoms with E-state index in [9.17, 15) is 9.59 Å². The van der Waals surface area contributed by atoms with Crippen molar-refractivity contribution in [3.8, 4) is 0 Å². The zero-order chi connectivity index (χ0) is 20.2. The largest absolute Gasteiger partial charge is 0.324 e. The smallest absolute Gasteiger partial charge is 0.244 e. The molecule has 29 heavy (non-hydrogen) atoms. The summed E-state index contributed by atoms with van der Waals surface area (Å²) in [6.07, 6.45) is 1.96. The molecule has 4 nitrogen and oxygen atoms in total. The maximum Gasteiger partial charge on any atom is 0.244 e. The molecule has 1 N–H and O–H groups in total. The fourth-order valence-electron chi connectivity index (χ4n) is 3.70. The molecule has 1 aromatic heterocycles. The summed E-state index contributed by atoms with van der Waals surface area (Å²) in [6.45, 7) is 0.0268. The van der Waals surface area contributed by atoms with Crippen LogP contribution in [-0.2, 0) is 16.0 Å². The first-order valence-electron chi connectivity index (χ1n) is 9.58. The van der Waals surface area contributed by atoms with Crippen LogP contribution in [0.4, 0.5) is 5.69 Å². The van der Waals surface area contributed by atoms with Crippen LogP contribution in [0.5, 0.6) is 0 Å². The van der Waals surface area contributed by atoms with Crippen LogP contribution >= 0.6 is 22.9 Å². The Morgan fingerprint density at radius 1 is 1.14 bits per heavy atom. The summed E-state index contributed by atoms with van der Waals surface area (Å²) in [5.74, 6) is -0.216. The van der Waals surface area contributed by atoms with Crippen molar-refractivity contribution in [1.82, 2.24) is 4.90 Å². The van der Waals surface area contributed by atoms with E-state index in [1.165, 1.54) is 5.56 Å². The number of aryl methyl sites for hydroxylation is 1. The van der Waals surface area contributed by atoms with Gasteiger partial charge in [0.25, 0.3) is 0 Å². The van der Waals surface area contributed by atoms with Gasteiger partial charge in [-0.25, -0.2) is 0 Å². The molecule has 0 aliphatic carbocycles. The van der Waals surface area contributed by atoms with Gasteiger partial charge in [-0.05, 0) is 48.1 Å². The van der Waals surface area contributed by atoms with Crippen LogP contribution < -0.4 is 5.32 Å². The zero-order valence-electron chi connectivity index (χ0n) is 15.8. The minimum atomic E-state index is -0.327. The number of fused-ring (bicyclic) bond motifs is 1. The molecule has 4 rings (SSSR count). The SMILES string of the molecule is O=C1CN(C(=O)CCCc2ccccc2)C(c2cccs2)c2cc(Cl)ccc2N1. The molecule has 0 spiro atoms. The molecular formula is C23H21ClN2O2S. The van der Waals surface area contributed by atoms with E-state index in [1.54, 1.807) is 28.4 Å². The molecule has 2 amide bonds. The summed E-state index contributed by atoms with van der Waals surface area (Å²) >= 11 is 7.83. The molecule has 1 aliphatic rings. The third kappa shape index (κ3) is 4.52. The quantitative estimate of drug-likeness (QED) is 0.604. The summed E-state index contributed by atoms with van der Waals surface area (Å²) in [5, 5.41) is 5.49. The van der Waals surface area contributed by atoms with E-state index in [2.05, 4.69) is 17.4 Å². The highest BCUT2D eigenvalue weighted by Gasteiger charge is 2.33. The highest BCUT2D eigenvalue weighted by Crippen LogP contribution is 2.39. The number of nitrogens with zero attached hydrogens (tertiary/aromatic N) is 1. The average molecular weight is 425 g/mol. The Balaban J connectivity index is 1.61. The predicted molar refractivity (Wildman–Crippen MR) is 117 cm³/mol. The molecular weight excluding hydrogens is 404 g/mol. The molecule has 0 bridgehead atoms. The fraction of sp³-hybridized carbons (Fsp3) is 0.217. The molecule has 2 aromatic carbocycles. The van der Waals surface area contributed by atoms with Gasteiger partial charge < -0.3 is 10.2 Å². The van der Waals surface area contributed by atoms with Gasteiger partial charge in [0.15, 0.2) is 0 Å². The van der Waals surface area contributed by atoms with Gasteiger partial charge in [0.2, 0.25) is 11.8 Å². The number of nitrogens with one attached hydrogen (secondary N) is 1. The van der Waals surface area contributed by atoms with Crippen molar-refractivity contribution < 1.29 is 9.59 Å². The van der Waals surface area contributed by atoms with E-state index < -0.39 is 0 Å². The molecule has 1 atom stereocenters. The zero-order valence-corrected chi connectivity index (χ0v) is 17.4. The minimum Gasteiger partial charge on any atom is -0.324 e. The van der Waals surface area contributed by atoms with Gasteiger partial charge in [-0.2, -0.15) is 0 Å². The van der Waals surface area contributed by atoms with E-state index in [0.717, 1.165) is 23.3 Å². The molecule has 0 fully saturated rings. The second kappa shape index (κ2) is 8.80. The molecule has 148 valence electrons. The number of halogens is 1. The lowest BCUT2D eigenvalue weighted by Gasteiger charge is -2.29. The molecule has 1 unspecified atom stereocenters. The van der Waals surface area contributed by atoms with Crippen molar-refractivity contribution in [3.05, 3.63) is 87.1 Å². The van der Waals surface area contributed by atoms with E-state index in [0.29, 0.717) is 17.1 Å². The van der Waals surface area contributed by atoms with E-state index in [4.69, 9.17) is 11.6 Å². The van der Waals surface area contributed by atoms with Gasteiger partial charge in [-0.3, -0.25) is 9.59 Å². The van der Waals surface area contributed by atoms with Crippen LogP contribution in [0.1, 0.15) is 34.9 Å². The lowest BCUT2D eigenvalue weighted by Crippen LogP contribution is -2.38. The number of rotatable bonds is 5. The number of carbonyl (C=O) groups excluding carboxylic acids is 2. The number of anilines is 1. The first kappa shape index (κ1) is 19.7. The van der Waals surface area contributed by atoms with Crippen LogP contribution in [0.2, 0.25) is 5.02 Å². The van der Waals surface area contributed by atoms with Crippen LogP contribution in [0.3, 0.4) is 0 Å². The Bertz CT molecular complexity index is 1000. The summed E-state index contributed by atoms with van der Waals surface area (Å²) < 4.78 is 0. The molecule has 3 aromatic rings. The van der Waals surface area contributed by atoms with E-state index in [1.807, 2.05) is 41.8 Å². The Labute approximate surface area is 179 Å². The lowest BCUT2D eigenvalue weighted by molar-refractivity contribution is -0.136. The van der Waals surface area contributed by atoms with Crippen molar-refractivity contribution >= 4 is 40.4 Å². The number of carbonyl (C=O) groups is 2. The van der Waals surface area contributed by atoms with E-state index >= 15 is 0 Å². The molecule has 1 aliphatic heterocycles. The minimum absolute atomic E-state index is 0.0256. The van der Waals surface area contributed by atoms with Gasteiger partial charge in [0.1, 0.15) is 6.54 Å². The van der Waals surface area contributed by atoms with Crippen LogP contribution in [-0.4, -0.2) is 23.3 Å².